The highest BCUT2D eigenvalue weighted by Gasteiger charge is 2.31. The standard InChI is InChI=1S/C28H37FN4O2S/c1-19(2)36(34,30-4)27-12-24(29)5-6-25(27)33-18-23(28-20(3)13-31-14-26(28)33)11-22-16-32(17-22)15-21-7-9-35-10-8-21/h5-6,12-14,18-19,21-22H,7-11,15-17H2,1-4H3/t36-/m1/s1. The van der Waals surface area contributed by atoms with Gasteiger partial charge in [0.25, 0.3) is 0 Å². The van der Waals surface area contributed by atoms with Gasteiger partial charge < -0.3 is 14.2 Å². The van der Waals surface area contributed by atoms with Gasteiger partial charge in [-0.05, 0) is 81.2 Å². The van der Waals surface area contributed by atoms with E-state index in [0.717, 1.165) is 49.7 Å². The molecule has 36 heavy (non-hydrogen) atoms. The Balaban J connectivity index is 1.47. The van der Waals surface area contributed by atoms with Crippen LogP contribution in [0, 0.1) is 24.6 Å². The predicted octanol–water partition coefficient (Wildman–Crippen LogP) is 5.24. The number of aromatic nitrogens is 2. The zero-order chi connectivity index (χ0) is 25.4. The zero-order valence-electron chi connectivity index (χ0n) is 21.7. The topological polar surface area (TPSA) is 59.7 Å². The number of hydrogen-bond donors (Lipinski definition) is 0. The molecule has 0 unspecified atom stereocenters. The molecule has 6 nitrogen and oxygen atoms in total. The smallest absolute Gasteiger partial charge is 0.124 e. The molecule has 3 aromatic rings. The summed E-state index contributed by atoms with van der Waals surface area (Å²) >= 11 is 0. The van der Waals surface area contributed by atoms with Crippen LogP contribution >= 0.6 is 0 Å². The molecule has 2 aromatic heterocycles. The van der Waals surface area contributed by atoms with Gasteiger partial charge in [0.05, 0.1) is 32.0 Å². The maximum absolute atomic E-state index is 14.4. The molecular formula is C28H37FN4O2S. The van der Waals surface area contributed by atoms with E-state index in [1.165, 1.54) is 42.5 Å². The molecule has 0 saturated carbocycles. The average molecular weight is 513 g/mol. The molecule has 0 bridgehead atoms. The highest BCUT2D eigenvalue weighted by molar-refractivity contribution is 7.94. The van der Waals surface area contributed by atoms with Crippen LogP contribution in [0.2, 0.25) is 0 Å². The lowest BCUT2D eigenvalue weighted by molar-refractivity contribution is 0.0254. The highest BCUT2D eigenvalue weighted by atomic mass is 32.2. The van der Waals surface area contributed by atoms with Crippen molar-refractivity contribution in [3.05, 3.63) is 53.7 Å². The minimum atomic E-state index is -2.80. The van der Waals surface area contributed by atoms with Crippen LogP contribution in [-0.2, 0) is 20.9 Å². The van der Waals surface area contributed by atoms with Crippen molar-refractivity contribution in [2.75, 3.05) is 39.9 Å². The minimum absolute atomic E-state index is 0.249. The van der Waals surface area contributed by atoms with Crippen LogP contribution in [-0.4, -0.2) is 63.8 Å². The van der Waals surface area contributed by atoms with Gasteiger partial charge in [-0.15, -0.1) is 0 Å². The largest absolute Gasteiger partial charge is 0.381 e. The number of rotatable bonds is 7. The second kappa shape index (κ2) is 10.2. The van der Waals surface area contributed by atoms with Crippen molar-refractivity contribution in [2.24, 2.45) is 16.2 Å². The van der Waals surface area contributed by atoms with E-state index >= 15 is 0 Å². The molecule has 1 atom stereocenters. The first kappa shape index (κ1) is 25.4. The molecule has 4 heterocycles. The second-order valence-electron chi connectivity index (χ2n) is 10.6. The number of fused-ring (bicyclic) bond motifs is 1. The van der Waals surface area contributed by atoms with Crippen LogP contribution in [0.5, 0.6) is 0 Å². The SMILES string of the molecule is CN=[S@](=O)(c1cc(F)ccc1-n1cc(CC2CN(CC3CCOCC3)C2)c2c(C)cncc21)C(C)C. The molecular weight excluding hydrogens is 475 g/mol. The first-order valence-corrected chi connectivity index (χ1v) is 14.6. The lowest BCUT2D eigenvalue weighted by atomic mass is 9.89. The summed E-state index contributed by atoms with van der Waals surface area (Å²) in [5.41, 5.74) is 4.05. The summed E-state index contributed by atoms with van der Waals surface area (Å²) in [5.74, 6) is 0.956. The van der Waals surface area contributed by atoms with Crippen LogP contribution in [0.4, 0.5) is 4.39 Å². The summed E-state index contributed by atoms with van der Waals surface area (Å²) in [5, 5.41) is 0.938. The quantitative estimate of drug-likeness (QED) is 0.435. The van der Waals surface area contributed by atoms with E-state index in [4.69, 9.17) is 4.74 Å². The van der Waals surface area contributed by atoms with Crippen molar-refractivity contribution in [3.8, 4) is 5.69 Å². The number of ether oxygens (including phenoxy) is 1. The normalized spacial score (nSPS) is 19.5. The molecule has 2 aliphatic rings. The van der Waals surface area contributed by atoms with E-state index in [9.17, 15) is 8.60 Å². The third-order valence-electron chi connectivity index (χ3n) is 7.79. The van der Waals surface area contributed by atoms with Crippen LogP contribution in [0.15, 0.2) is 46.0 Å². The van der Waals surface area contributed by atoms with Crippen LogP contribution in [0.3, 0.4) is 0 Å². The Kier molecular flexibility index (Phi) is 7.21. The van der Waals surface area contributed by atoms with E-state index in [1.54, 1.807) is 13.1 Å². The van der Waals surface area contributed by atoms with Crippen molar-refractivity contribution in [1.29, 1.82) is 0 Å². The number of pyridine rings is 1. The molecule has 0 N–H and O–H groups in total. The molecule has 0 radical (unpaired) electrons. The monoisotopic (exact) mass is 512 g/mol. The fraction of sp³-hybridized carbons (Fsp3) is 0.536. The summed E-state index contributed by atoms with van der Waals surface area (Å²) in [6.07, 6.45) is 9.23. The lowest BCUT2D eigenvalue weighted by Crippen LogP contribution is -2.49. The lowest BCUT2D eigenvalue weighted by Gasteiger charge is -2.42. The maximum Gasteiger partial charge on any atom is 0.124 e. The van der Waals surface area contributed by atoms with Gasteiger partial charge in [0.2, 0.25) is 0 Å². The van der Waals surface area contributed by atoms with E-state index in [2.05, 4.69) is 27.4 Å². The van der Waals surface area contributed by atoms with Crippen molar-refractivity contribution in [2.45, 2.75) is 50.2 Å². The zero-order valence-corrected chi connectivity index (χ0v) is 22.6. The molecule has 2 saturated heterocycles. The number of aryl methyl sites for hydroxylation is 1. The average Bonchev–Trinajstić information content (AvgIpc) is 3.22. The number of halogens is 1. The fourth-order valence-electron chi connectivity index (χ4n) is 5.84. The Morgan fingerprint density at radius 2 is 1.94 bits per heavy atom. The van der Waals surface area contributed by atoms with Gasteiger partial charge in [0.1, 0.15) is 5.82 Å². The van der Waals surface area contributed by atoms with E-state index < -0.39 is 15.5 Å². The molecule has 5 rings (SSSR count). The third kappa shape index (κ3) is 4.71. The first-order valence-electron chi connectivity index (χ1n) is 13.0. The Morgan fingerprint density at radius 3 is 2.64 bits per heavy atom. The third-order valence-corrected chi connectivity index (χ3v) is 10.6. The van der Waals surface area contributed by atoms with Crippen molar-refractivity contribution >= 4 is 20.6 Å². The fourth-order valence-corrected chi connectivity index (χ4v) is 7.71. The summed E-state index contributed by atoms with van der Waals surface area (Å²) in [7, 11) is -1.24. The Morgan fingerprint density at radius 1 is 1.19 bits per heavy atom. The van der Waals surface area contributed by atoms with Crippen molar-refractivity contribution in [1.82, 2.24) is 14.5 Å². The maximum atomic E-state index is 14.4. The first-order chi connectivity index (χ1) is 17.3. The van der Waals surface area contributed by atoms with Gasteiger partial charge in [-0.2, -0.15) is 0 Å². The number of likely N-dealkylation sites (tertiary alicyclic amines) is 1. The molecule has 0 spiro atoms. The van der Waals surface area contributed by atoms with Gasteiger partial charge in [-0.1, -0.05) is 0 Å². The summed E-state index contributed by atoms with van der Waals surface area (Å²) < 4.78 is 40.1. The van der Waals surface area contributed by atoms with Crippen LogP contribution in [0.25, 0.3) is 16.6 Å². The number of hydrogen-bond acceptors (Lipinski definition) is 5. The summed E-state index contributed by atoms with van der Waals surface area (Å²) in [4.78, 5) is 7.48. The molecule has 2 aliphatic heterocycles. The molecule has 194 valence electrons. The van der Waals surface area contributed by atoms with E-state index in [1.807, 2.05) is 30.8 Å². The highest BCUT2D eigenvalue weighted by Crippen LogP contribution is 2.35. The van der Waals surface area contributed by atoms with Crippen LogP contribution in [0.1, 0.15) is 37.8 Å². The van der Waals surface area contributed by atoms with Crippen molar-refractivity contribution in [3.63, 3.8) is 0 Å². The molecule has 8 heteroatoms. The van der Waals surface area contributed by atoms with Gasteiger partial charge >= 0.3 is 0 Å². The van der Waals surface area contributed by atoms with Gasteiger partial charge in [0.15, 0.2) is 0 Å². The summed E-state index contributed by atoms with van der Waals surface area (Å²) in [6.45, 7) is 11.0. The Bertz CT molecular complexity index is 1360. The molecule has 0 aliphatic carbocycles. The number of nitrogens with zero attached hydrogens (tertiary/aromatic N) is 4. The molecule has 0 amide bonds. The predicted molar refractivity (Wildman–Crippen MR) is 143 cm³/mol. The summed E-state index contributed by atoms with van der Waals surface area (Å²) in [6, 6.07) is 4.55. The van der Waals surface area contributed by atoms with Crippen LogP contribution < -0.4 is 0 Å². The molecule has 1 aromatic carbocycles. The van der Waals surface area contributed by atoms with Gasteiger partial charge in [-0.3, -0.25) is 4.98 Å². The van der Waals surface area contributed by atoms with Gasteiger partial charge in [0, 0.05) is 62.9 Å². The Hall–Kier alpha value is -2.29. The molecule has 2 fully saturated rings. The number of benzene rings is 1. The van der Waals surface area contributed by atoms with E-state index in [-0.39, 0.29) is 5.25 Å². The van der Waals surface area contributed by atoms with E-state index in [0.29, 0.717) is 16.5 Å². The van der Waals surface area contributed by atoms with Crippen molar-refractivity contribution < 1.29 is 13.3 Å². The minimum Gasteiger partial charge on any atom is -0.381 e. The van der Waals surface area contributed by atoms with Gasteiger partial charge in [-0.25, -0.2) is 13.0 Å². The Labute approximate surface area is 214 Å². The second-order valence-corrected chi connectivity index (χ2v) is 13.5.